The van der Waals surface area contributed by atoms with Crippen LogP contribution in [-0.4, -0.2) is 31.1 Å². The summed E-state index contributed by atoms with van der Waals surface area (Å²) in [6, 6.07) is 23.4. The Morgan fingerprint density at radius 3 is 2.15 bits per heavy atom. The first-order chi connectivity index (χ1) is 16.1. The number of carbonyl (C=O) groups is 1. The number of hydrogen-bond donors (Lipinski definition) is 0. The fourth-order valence-corrected chi connectivity index (χ4v) is 3.92. The SMILES string of the molecule is CCOc1ccc(/C(Cl)=C/C(=N\N=C2c3ccccc3Cc3ccccc32)C(=O)OC)cc1. The van der Waals surface area contributed by atoms with Gasteiger partial charge in [0.15, 0.2) is 5.71 Å². The maximum Gasteiger partial charge on any atom is 0.358 e. The molecule has 0 saturated heterocycles. The number of methoxy groups -OCH3 is 1. The Morgan fingerprint density at radius 2 is 1.58 bits per heavy atom. The molecule has 5 nitrogen and oxygen atoms in total. The molecule has 4 rings (SSSR count). The molecule has 6 heteroatoms. The molecule has 0 aliphatic heterocycles. The van der Waals surface area contributed by atoms with E-state index in [4.69, 9.17) is 21.1 Å². The lowest BCUT2D eigenvalue weighted by Crippen LogP contribution is -2.17. The summed E-state index contributed by atoms with van der Waals surface area (Å²) in [6.45, 7) is 2.50. The largest absolute Gasteiger partial charge is 0.494 e. The van der Waals surface area contributed by atoms with Crippen LogP contribution in [0.2, 0.25) is 0 Å². The molecule has 1 aliphatic carbocycles. The molecule has 0 spiro atoms. The third kappa shape index (κ3) is 5.04. The highest BCUT2D eigenvalue weighted by Gasteiger charge is 2.21. The zero-order valence-corrected chi connectivity index (χ0v) is 19.2. The first-order valence-electron chi connectivity index (χ1n) is 10.6. The zero-order chi connectivity index (χ0) is 23.2. The molecule has 0 amide bonds. The van der Waals surface area contributed by atoms with Gasteiger partial charge < -0.3 is 9.47 Å². The Bertz CT molecular complexity index is 1210. The summed E-state index contributed by atoms with van der Waals surface area (Å²) in [5, 5.41) is 9.11. The van der Waals surface area contributed by atoms with Crippen molar-refractivity contribution < 1.29 is 14.3 Å². The average molecular weight is 459 g/mol. The molecule has 0 bridgehead atoms. The molecular formula is C27H23ClN2O3. The van der Waals surface area contributed by atoms with Crippen LogP contribution >= 0.6 is 11.6 Å². The quantitative estimate of drug-likeness (QED) is 0.213. The van der Waals surface area contributed by atoms with Crippen molar-refractivity contribution in [2.24, 2.45) is 10.2 Å². The number of esters is 1. The van der Waals surface area contributed by atoms with Crippen LogP contribution in [0.25, 0.3) is 5.03 Å². The molecule has 0 radical (unpaired) electrons. The standard InChI is InChI=1S/C27H23ClN2O3/c1-3-33-21-14-12-18(13-15-21)24(28)17-25(27(31)32-2)29-30-26-22-10-6-4-8-19(22)16-20-9-5-7-11-23(20)26/h4-15,17H,3,16H2,1-2H3/b24-17-,29-25+. The Balaban J connectivity index is 1.75. The van der Waals surface area contributed by atoms with Crippen LogP contribution in [-0.2, 0) is 16.0 Å². The Hall–Kier alpha value is -3.70. The van der Waals surface area contributed by atoms with Crippen LogP contribution in [0, 0.1) is 0 Å². The molecule has 0 saturated carbocycles. The van der Waals surface area contributed by atoms with E-state index in [2.05, 4.69) is 22.3 Å². The van der Waals surface area contributed by atoms with Crippen LogP contribution < -0.4 is 4.74 Å². The monoisotopic (exact) mass is 458 g/mol. The van der Waals surface area contributed by atoms with Crippen molar-refractivity contribution in [3.63, 3.8) is 0 Å². The number of halogens is 1. The van der Waals surface area contributed by atoms with E-state index in [0.29, 0.717) is 17.4 Å². The lowest BCUT2D eigenvalue weighted by molar-refractivity contribution is -0.132. The van der Waals surface area contributed by atoms with E-state index in [0.717, 1.165) is 40.0 Å². The van der Waals surface area contributed by atoms with Crippen molar-refractivity contribution in [1.82, 2.24) is 0 Å². The fourth-order valence-electron chi connectivity index (χ4n) is 3.69. The first kappa shape index (κ1) is 22.5. The third-order valence-electron chi connectivity index (χ3n) is 5.28. The maximum absolute atomic E-state index is 12.4. The minimum absolute atomic E-state index is 0.00409. The van der Waals surface area contributed by atoms with Crippen LogP contribution in [0.3, 0.4) is 0 Å². The normalized spacial score (nSPS) is 13.1. The summed E-state index contributed by atoms with van der Waals surface area (Å²) < 4.78 is 10.4. The van der Waals surface area contributed by atoms with Gasteiger partial charge in [-0.15, -0.1) is 10.2 Å². The molecule has 3 aromatic carbocycles. The molecule has 0 fully saturated rings. The van der Waals surface area contributed by atoms with Gasteiger partial charge in [0.05, 0.1) is 18.7 Å². The molecular weight excluding hydrogens is 436 g/mol. The number of carbonyl (C=O) groups excluding carboxylic acids is 1. The summed E-state index contributed by atoms with van der Waals surface area (Å²) in [6.07, 6.45) is 2.29. The van der Waals surface area contributed by atoms with Crippen molar-refractivity contribution >= 4 is 34.0 Å². The van der Waals surface area contributed by atoms with E-state index in [-0.39, 0.29) is 5.71 Å². The van der Waals surface area contributed by atoms with Gasteiger partial charge in [-0.3, -0.25) is 0 Å². The smallest absolute Gasteiger partial charge is 0.358 e. The second-order valence-corrected chi connectivity index (χ2v) is 7.77. The van der Waals surface area contributed by atoms with Crippen LogP contribution in [0.4, 0.5) is 0 Å². The van der Waals surface area contributed by atoms with Crippen molar-refractivity contribution in [2.75, 3.05) is 13.7 Å². The first-order valence-corrected chi connectivity index (χ1v) is 11.0. The number of ether oxygens (including phenoxy) is 2. The summed E-state index contributed by atoms with van der Waals surface area (Å²) in [5.41, 5.74) is 5.73. The lowest BCUT2D eigenvalue weighted by atomic mass is 9.85. The minimum atomic E-state index is -0.624. The minimum Gasteiger partial charge on any atom is -0.494 e. The summed E-state index contributed by atoms with van der Waals surface area (Å²) >= 11 is 6.50. The molecule has 1 aliphatic rings. The molecule has 0 unspecified atom stereocenters. The van der Waals surface area contributed by atoms with Crippen LogP contribution in [0.15, 0.2) is 89.1 Å². The van der Waals surface area contributed by atoms with Gasteiger partial charge in [-0.25, -0.2) is 4.79 Å². The van der Waals surface area contributed by atoms with Crippen LogP contribution in [0.1, 0.15) is 34.7 Å². The fraction of sp³-hybridized carbons (Fsp3) is 0.148. The molecule has 0 aromatic heterocycles. The Labute approximate surface area is 198 Å². The van der Waals surface area contributed by atoms with Gasteiger partial charge in [-0.2, -0.15) is 0 Å². The number of benzene rings is 3. The molecule has 33 heavy (non-hydrogen) atoms. The van der Waals surface area contributed by atoms with Gasteiger partial charge in [0.1, 0.15) is 11.5 Å². The van der Waals surface area contributed by atoms with Crippen molar-refractivity contribution in [2.45, 2.75) is 13.3 Å². The van der Waals surface area contributed by atoms with Gasteiger partial charge in [-0.05, 0) is 60.4 Å². The third-order valence-corrected chi connectivity index (χ3v) is 5.61. The second-order valence-electron chi connectivity index (χ2n) is 7.37. The zero-order valence-electron chi connectivity index (χ0n) is 18.4. The van der Waals surface area contributed by atoms with E-state index >= 15 is 0 Å². The molecule has 3 aromatic rings. The van der Waals surface area contributed by atoms with Gasteiger partial charge >= 0.3 is 5.97 Å². The van der Waals surface area contributed by atoms with E-state index in [1.54, 1.807) is 0 Å². The molecule has 0 N–H and O–H groups in total. The number of rotatable bonds is 6. The van der Waals surface area contributed by atoms with Gasteiger partial charge in [0.2, 0.25) is 0 Å². The summed E-state index contributed by atoms with van der Waals surface area (Å²) in [5.74, 6) is 0.120. The van der Waals surface area contributed by atoms with Crippen LogP contribution in [0.5, 0.6) is 5.75 Å². The van der Waals surface area contributed by atoms with Gasteiger partial charge in [0.25, 0.3) is 0 Å². The van der Waals surface area contributed by atoms with E-state index in [1.807, 2.05) is 67.6 Å². The van der Waals surface area contributed by atoms with E-state index in [1.165, 1.54) is 13.2 Å². The highest BCUT2D eigenvalue weighted by atomic mass is 35.5. The number of fused-ring (bicyclic) bond motifs is 2. The predicted octanol–water partition coefficient (Wildman–Crippen LogP) is 5.64. The van der Waals surface area contributed by atoms with Crippen molar-refractivity contribution in [3.8, 4) is 5.75 Å². The average Bonchev–Trinajstić information content (AvgIpc) is 2.85. The lowest BCUT2D eigenvalue weighted by Gasteiger charge is -2.20. The highest BCUT2D eigenvalue weighted by molar-refractivity contribution is 6.54. The number of hydrogen-bond acceptors (Lipinski definition) is 5. The molecule has 0 heterocycles. The highest BCUT2D eigenvalue weighted by Crippen LogP contribution is 2.28. The van der Waals surface area contributed by atoms with E-state index in [9.17, 15) is 4.79 Å². The van der Waals surface area contributed by atoms with Crippen molar-refractivity contribution in [3.05, 3.63) is 107 Å². The predicted molar refractivity (Wildman–Crippen MR) is 132 cm³/mol. The second kappa shape index (κ2) is 10.3. The Kier molecular flexibility index (Phi) is 7.01. The Morgan fingerprint density at radius 1 is 0.970 bits per heavy atom. The molecule has 0 atom stereocenters. The van der Waals surface area contributed by atoms with Gasteiger partial charge in [0, 0.05) is 11.1 Å². The number of nitrogens with zero attached hydrogens (tertiary/aromatic N) is 2. The summed E-state index contributed by atoms with van der Waals surface area (Å²) in [4.78, 5) is 12.4. The van der Waals surface area contributed by atoms with Crippen molar-refractivity contribution in [1.29, 1.82) is 0 Å². The summed E-state index contributed by atoms with van der Waals surface area (Å²) in [7, 11) is 1.30. The molecule has 166 valence electrons. The van der Waals surface area contributed by atoms with Gasteiger partial charge in [-0.1, -0.05) is 60.1 Å². The maximum atomic E-state index is 12.4. The van der Waals surface area contributed by atoms with E-state index < -0.39 is 5.97 Å². The topological polar surface area (TPSA) is 60.2 Å².